The van der Waals surface area contributed by atoms with Crippen LogP contribution in [-0.2, 0) is 9.53 Å². The first kappa shape index (κ1) is 18.0. The Bertz CT molecular complexity index is 403. The first-order valence-electron chi connectivity index (χ1n) is 5.93. The lowest BCUT2D eigenvalue weighted by Crippen LogP contribution is -2.29. The maximum absolute atomic E-state index is 11.1. The van der Waals surface area contributed by atoms with Crippen LogP contribution in [0.4, 0.5) is 0 Å². The van der Waals surface area contributed by atoms with Crippen LogP contribution in [0.25, 0.3) is 0 Å². The number of benzene rings is 1. The average molecular weight is 304 g/mol. The number of carbonyl (C=O) groups is 1. The van der Waals surface area contributed by atoms with Crippen LogP contribution in [0.3, 0.4) is 0 Å². The van der Waals surface area contributed by atoms with E-state index in [1.54, 1.807) is 0 Å². The topological polar surface area (TPSA) is 61.5 Å². The lowest BCUT2D eigenvalue weighted by atomic mass is 10.1. The molecule has 0 aliphatic heterocycles. The van der Waals surface area contributed by atoms with Gasteiger partial charge in [-0.1, -0.05) is 12.1 Å². The van der Waals surface area contributed by atoms with Crippen molar-refractivity contribution in [2.45, 2.75) is 32.1 Å². The van der Waals surface area contributed by atoms with E-state index in [2.05, 4.69) is 24.4 Å². The summed E-state index contributed by atoms with van der Waals surface area (Å²) >= 11 is 0. The minimum Gasteiger partial charge on any atom is -0.544 e. The highest BCUT2D eigenvalue weighted by atomic mass is 35.5. The fraction of sp³-hybridized carbons (Fsp3) is 0.462. The van der Waals surface area contributed by atoms with Crippen LogP contribution < -0.4 is 10.2 Å². The van der Waals surface area contributed by atoms with E-state index in [1.165, 1.54) is 7.11 Å². The molecule has 108 valence electrons. The van der Waals surface area contributed by atoms with Gasteiger partial charge in [-0.15, -0.1) is 12.4 Å². The minimum absolute atomic E-state index is 0. The highest BCUT2D eigenvalue weighted by molar-refractivity contribution is 6.70. The van der Waals surface area contributed by atoms with Gasteiger partial charge in [-0.2, -0.15) is 0 Å². The van der Waals surface area contributed by atoms with Gasteiger partial charge in [0.25, 0.3) is 0 Å². The van der Waals surface area contributed by atoms with E-state index in [1.807, 2.05) is 24.3 Å². The van der Waals surface area contributed by atoms with Crippen LogP contribution in [0.1, 0.15) is 18.0 Å². The number of hydrogen-bond donors (Lipinski definition) is 1. The summed E-state index contributed by atoms with van der Waals surface area (Å²) < 4.78 is 10.4. The number of rotatable bonds is 5. The zero-order valence-corrected chi connectivity index (χ0v) is 13.6. The van der Waals surface area contributed by atoms with Crippen LogP contribution in [0.5, 0.6) is 5.75 Å². The van der Waals surface area contributed by atoms with Gasteiger partial charge in [0.05, 0.1) is 13.5 Å². The third kappa shape index (κ3) is 6.61. The third-order valence-electron chi connectivity index (χ3n) is 2.35. The average Bonchev–Trinajstić information content (AvgIpc) is 2.27. The largest absolute Gasteiger partial charge is 0.544 e. The monoisotopic (exact) mass is 303 g/mol. The minimum atomic E-state index is -1.58. The van der Waals surface area contributed by atoms with Gasteiger partial charge >= 0.3 is 5.97 Å². The van der Waals surface area contributed by atoms with Gasteiger partial charge in [-0.3, -0.25) is 4.79 Å². The Morgan fingerprint density at radius 3 is 2.21 bits per heavy atom. The summed E-state index contributed by atoms with van der Waals surface area (Å²) in [6.45, 7) is 6.39. The number of ether oxygens (including phenoxy) is 1. The predicted molar refractivity (Wildman–Crippen MR) is 81.2 cm³/mol. The zero-order valence-electron chi connectivity index (χ0n) is 11.8. The first-order chi connectivity index (χ1) is 8.31. The van der Waals surface area contributed by atoms with Crippen molar-refractivity contribution in [3.63, 3.8) is 0 Å². The zero-order chi connectivity index (χ0) is 13.8. The predicted octanol–water partition coefficient (Wildman–Crippen LogP) is 2.89. The molecule has 0 bridgehead atoms. The second kappa shape index (κ2) is 7.52. The van der Waals surface area contributed by atoms with Crippen LogP contribution in [-0.4, -0.2) is 21.4 Å². The van der Waals surface area contributed by atoms with Crippen molar-refractivity contribution in [2.24, 2.45) is 5.73 Å². The molecule has 4 nitrogen and oxygen atoms in total. The SMILES string of the molecule is COC(=O)C[C@H](N)c1ccc(O[Si](C)(C)C)cc1.Cl. The van der Waals surface area contributed by atoms with Gasteiger partial charge in [0, 0.05) is 6.04 Å². The molecule has 0 amide bonds. The van der Waals surface area contributed by atoms with E-state index in [4.69, 9.17) is 10.2 Å². The molecule has 0 saturated carbocycles. The number of halogens is 1. The molecule has 2 N–H and O–H groups in total. The molecule has 1 aromatic carbocycles. The molecule has 1 aromatic rings. The van der Waals surface area contributed by atoms with Crippen molar-refractivity contribution >= 4 is 26.7 Å². The molecular weight excluding hydrogens is 282 g/mol. The van der Waals surface area contributed by atoms with Crippen LogP contribution in [0.15, 0.2) is 24.3 Å². The van der Waals surface area contributed by atoms with E-state index in [0.717, 1.165) is 11.3 Å². The maximum atomic E-state index is 11.1. The normalized spacial score (nSPS) is 12.3. The lowest BCUT2D eigenvalue weighted by Gasteiger charge is -2.19. The number of hydrogen-bond acceptors (Lipinski definition) is 4. The van der Waals surface area contributed by atoms with E-state index >= 15 is 0 Å². The van der Waals surface area contributed by atoms with Gasteiger partial charge in [0.15, 0.2) is 0 Å². The molecule has 0 saturated heterocycles. The summed E-state index contributed by atoms with van der Waals surface area (Å²) in [6.07, 6.45) is 0.185. The molecule has 1 rings (SSSR count). The van der Waals surface area contributed by atoms with E-state index in [0.29, 0.717) is 0 Å². The molecule has 0 unspecified atom stereocenters. The second-order valence-corrected chi connectivity index (χ2v) is 9.60. The van der Waals surface area contributed by atoms with Crippen molar-refractivity contribution < 1.29 is 14.0 Å². The molecule has 19 heavy (non-hydrogen) atoms. The summed E-state index contributed by atoms with van der Waals surface area (Å²) in [5, 5.41) is 0. The number of esters is 1. The van der Waals surface area contributed by atoms with Crippen LogP contribution in [0.2, 0.25) is 19.6 Å². The Hall–Kier alpha value is -1.04. The Labute approximate surface area is 121 Å². The molecule has 1 atom stereocenters. The van der Waals surface area contributed by atoms with Gasteiger partial charge in [-0.25, -0.2) is 0 Å². The smallest absolute Gasteiger partial charge is 0.307 e. The molecule has 0 radical (unpaired) electrons. The van der Waals surface area contributed by atoms with Crippen LogP contribution >= 0.6 is 12.4 Å². The standard InChI is InChI=1S/C13H21NO3Si.ClH/c1-16-13(15)9-12(14)10-5-7-11(8-6-10)17-18(2,3)4;/h5-8,12H,9,14H2,1-4H3;1H/t12-;/m0./s1. The number of carbonyl (C=O) groups excluding carboxylic acids is 1. The Balaban J connectivity index is 0.00000324. The summed E-state index contributed by atoms with van der Waals surface area (Å²) in [7, 11) is -0.219. The summed E-state index contributed by atoms with van der Waals surface area (Å²) in [6, 6.07) is 7.24. The van der Waals surface area contributed by atoms with Gasteiger partial charge < -0.3 is 14.9 Å². The van der Waals surface area contributed by atoms with Crippen LogP contribution in [0, 0.1) is 0 Å². The molecule has 0 aliphatic rings. The molecule has 0 aliphatic carbocycles. The van der Waals surface area contributed by atoms with Crippen molar-refractivity contribution in [1.82, 2.24) is 0 Å². The Morgan fingerprint density at radius 1 is 1.26 bits per heavy atom. The third-order valence-corrected chi connectivity index (χ3v) is 3.19. The van der Waals surface area contributed by atoms with Crippen molar-refractivity contribution in [3.8, 4) is 5.75 Å². The van der Waals surface area contributed by atoms with Gasteiger partial charge in [-0.05, 0) is 37.3 Å². The summed E-state index contributed by atoms with van der Waals surface area (Å²) in [5.41, 5.74) is 6.82. The van der Waals surface area contributed by atoms with Crippen molar-refractivity contribution in [3.05, 3.63) is 29.8 Å². The molecule has 0 spiro atoms. The summed E-state index contributed by atoms with van der Waals surface area (Å²) in [5.74, 6) is 0.549. The van der Waals surface area contributed by atoms with Crippen molar-refractivity contribution in [2.75, 3.05) is 7.11 Å². The van der Waals surface area contributed by atoms with E-state index < -0.39 is 8.32 Å². The molecule has 0 fully saturated rings. The van der Waals surface area contributed by atoms with Crippen molar-refractivity contribution in [1.29, 1.82) is 0 Å². The highest BCUT2D eigenvalue weighted by Crippen LogP contribution is 2.21. The molecule has 0 heterocycles. The first-order valence-corrected chi connectivity index (χ1v) is 9.34. The summed E-state index contributed by atoms with van der Waals surface area (Å²) in [4.78, 5) is 11.1. The number of nitrogens with two attached hydrogens (primary N) is 1. The lowest BCUT2D eigenvalue weighted by molar-refractivity contribution is -0.141. The van der Waals surface area contributed by atoms with Gasteiger partial charge in [0.2, 0.25) is 8.32 Å². The fourth-order valence-electron chi connectivity index (χ4n) is 1.52. The molecular formula is C13H22ClNO3Si. The van der Waals surface area contributed by atoms with Gasteiger partial charge in [0.1, 0.15) is 5.75 Å². The molecule has 0 aromatic heterocycles. The molecule has 6 heteroatoms. The Kier molecular flexibility index (Phi) is 7.11. The maximum Gasteiger partial charge on any atom is 0.307 e. The number of methoxy groups -OCH3 is 1. The second-order valence-electron chi connectivity index (χ2n) is 5.17. The Morgan fingerprint density at radius 2 is 1.79 bits per heavy atom. The van der Waals surface area contributed by atoms with E-state index in [9.17, 15) is 4.79 Å². The fourth-order valence-corrected chi connectivity index (χ4v) is 2.36. The highest BCUT2D eigenvalue weighted by Gasteiger charge is 2.17. The quantitative estimate of drug-likeness (QED) is 0.671. The van der Waals surface area contributed by atoms with E-state index in [-0.39, 0.29) is 30.8 Å².